The Morgan fingerprint density at radius 1 is 1.32 bits per heavy atom. The van der Waals surface area contributed by atoms with Crippen LogP contribution in [0.5, 0.6) is 0 Å². The van der Waals surface area contributed by atoms with Crippen LogP contribution in [0.3, 0.4) is 0 Å². The summed E-state index contributed by atoms with van der Waals surface area (Å²) in [7, 11) is 0. The monoisotopic (exact) mass is 366 g/mol. The Kier molecular flexibility index (Phi) is 4.91. The number of rotatable bonds is 1. The van der Waals surface area contributed by atoms with Gasteiger partial charge in [0.15, 0.2) is 0 Å². The minimum Gasteiger partial charge on any atom is -0.444 e. The highest BCUT2D eigenvalue weighted by molar-refractivity contribution is 9.10. The second kappa shape index (κ2) is 6.53. The molecule has 0 spiro atoms. The average Bonchev–Trinajstić information content (AvgIpc) is 2.45. The van der Waals surface area contributed by atoms with Crippen molar-refractivity contribution in [2.45, 2.75) is 26.4 Å². The molecule has 1 saturated heterocycles. The van der Waals surface area contributed by atoms with Crippen LogP contribution in [-0.2, 0) is 4.74 Å². The van der Waals surface area contributed by atoms with E-state index in [9.17, 15) is 4.79 Å². The molecule has 0 aromatic carbocycles. The predicted octanol–water partition coefficient (Wildman–Crippen LogP) is 2.77. The number of amides is 1. The highest BCUT2D eigenvalue weighted by atomic mass is 79.9. The van der Waals surface area contributed by atoms with E-state index < -0.39 is 5.60 Å². The zero-order chi connectivity index (χ0) is 16.3. The van der Waals surface area contributed by atoms with Crippen molar-refractivity contribution in [3.05, 3.63) is 22.3 Å². The molecule has 0 bridgehead atoms. The van der Waals surface area contributed by atoms with Crippen molar-refractivity contribution in [1.29, 1.82) is 5.26 Å². The van der Waals surface area contributed by atoms with Crippen molar-refractivity contribution in [2.24, 2.45) is 0 Å². The minimum absolute atomic E-state index is 0.277. The number of carbonyl (C=O) groups excluding carboxylic acids is 1. The number of piperazine rings is 1. The first-order valence-corrected chi connectivity index (χ1v) is 7.89. The molecule has 0 radical (unpaired) electrons. The Hall–Kier alpha value is -1.81. The van der Waals surface area contributed by atoms with E-state index in [4.69, 9.17) is 10.00 Å². The van der Waals surface area contributed by atoms with Gasteiger partial charge in [0.2, 0.25) is 0 Å². The lowest BCUT2D eigenvalue weighted by Crippen LogP contribution is -2.50. The van der Waals surface area contributed by atoms with Gasteiger partial charge in [-0.1, -0.05) is 0 Å². The second-order valence-electron chi connectivity index (χ2n) is 6.07. The molecule has 0 atom stereocenters. The SMILES string of the molecule is CC(C)(C)OC(=O)N1CCN(c2ccc(C#N)c(Br)n2)CC1. The van der Waals surface area contributed by atoms with E-state index in [1.165, 1.54) is 0 Å². The summed E-state index contributed by atoms with van der Waals surface area (Å²) >= 11 is 3.30. The number of nitrogens with zero attached hydrogens (tertiary/aromatic N) is 4. The standard InChI is InChI=1S/C15H19BrN4O2/c1-15(2,3)22-14(21)20-8-6-19(7-9-20)12-5-4-11(10-17)13(16)18-12/h4-5H,6-9H2,1-3H3. The number of hydrogen-bond donors (Lipinski definition) is 0. The van der Waals surface area contributed by atoms with E-state index in [1.807, 2.05) is 26.8 Å². The third-order valence-electron chi connectivity index (χ3n) is 3.21. The van der Waals surface area contributed by atoms with Gasteiger partial charge in [0.25, 0.3) is 0 Å². The first-order valence-electron chi connectivity index (χ1n) is 7.09. The lowest BCUT2D eigenvalue weighted by atomic mass is 10.2. The molecule has 1 amide bonds. The molecule has 7 heteroatoms. The molecule has 22 heavy (non-hydrogen) atoms. The summed E-state index contributed by atoms with van der Waals surface area (Å²) in [5.74, 6) is 0.801. The van der Waals surface area contributed by atoms with Crippen LogP contribution in [0.25, 0.3) is 0 Å². The Balaban J connectivity index is 1.96. The lowest BCUT2D eigenvalue weighted by Gasteiger charge is -2.36. The van der Waals surface area contributed by atoms with Crippen molar-refractivity contribution >= 4 is 27.8 Å². The molecule has 2 rings (SSSR count). The molecule has 1 aromatic heterocycles. The summed E-state index contributed by atoms with van der Waals surface area (Å²) in [6.45, 7) is 8.13. The molecule has 0 unspecified atom stereocenters. The first kappa shape index (κ1) is 16.6. The molecular weight excluding hydrogens is 348 g/mol. The Morgan fingerprint density at radius 3 is 2.45 bits per heavy atom. The van der Waals surface area contributed by atoms with Gasteiger partial charge in [0.05, 0.1) is 5.56 Å². The van der Waals surface area contributed by atoms with E-state index in [2.05, 4.69) is 31.9 Å². The van der Waals surface area contributed by atoms with E-state index >= 15 is 0 Å². The first-order chi connectivity index (χ1) is 10.3. The average molecular weight is 367 g/mol. The summed E-state index contributed by atoms with van der Waals surface area (Å²) in [5, 5.41) is 8.92. The normalized spacial score (nSPS) is 15.4. The summed E-state index contributed by atoms with van der Waals surface area (Å²) in [5.41, 5.74) is 0.0319. The Labute approximate surface area is 138 Å². The second-order valence-corrected chi connectivity index (χ2v) is 6.83. The molecule has 0 saturated carbocycles. The highest BCUT2D eigenvalue weighted by Crippen LogP contribution is 2.21. The molecule has 1 aliphatic heterocycles. The molecular formula is C15H19BrN4O2. The molecule has 118 valence electrons. The van der Waals surface area contributed by atoms with Gasteiger partial charge in [-0.25, -0.2) is 9.78 Å². The predicted molar refractivity (Wildman–Crippen MR) is 86.7 cm³/mol. The summed E-state index contributed by atoms with van der Waals surface area (Å²) in [6, 6.07) is 5.64. The number of pyridine rings is 1. The van der Waals surface area contributed by atoms with Gasteiger partial charge >= 0.3 is 6.09 Å². The van der Waals surface area contributed by atoms with E-state index in [0.29, 0.717) is 36.3 Å². The maximum Gasteiger partial charge on any atom is 0.410 e. The fourth-order valence-electron chi connectivity index (χ4n) is 2.13. The Morgan fingerprint density at radius 2 is 1.95 bits per heavy atom. The highest BCUT2D eigenvalue weighted by Gasteiger charge is 2.26. The van der Waals surface area contributed by atoms with Gasteiger partial charge in [-0.05, 0) is 48.8 Å². The van der Waals surface area contributed by atoms with Crippen LogP contribution in [0, 0.1) is 11.3 Å². The van der Waals surface area contributed by atoms with Crippen molar-refractivity contribution in [3.8, 4) is 6.07 Å². The number of halogens is 1. The maximum absolute atomic E-state index is 12.0. The quantitative estimate of drug-likeness (QED) is 0.714. The summed E-state index contributed by atoms with van der Waals surface area (Å²) in [4.78, 5) is 20.2. The zero-order valence-electron chi connectivity index (χ0n) is 13.0. The smallest absolute Gasteiger partial charge is 0.410 e. The topological polar surface area (TPSA) is 69.5 Å². The van der Waals surface area contributed by atoms with Crippen LogP contribution in [0.2, 0.25) is 0 Å². The van der Waals surface area contributed by atoms with Crippen molar-refractivity contribution in [2.75, 3.05) is 31.1 Å². The molecule has 1 aliphatic rings. The molecule has 2 heterocycles. The number of anilines is 1. The van der Waals surface area contributed by atoms with Gasteiger partial charge in [0.1, 0.15) is 22.1 Å². The van der Waals surface area contributed by atoms with Crippen molar-refractivity contribution in [1.82, 2.24) is 9.88 Å². The molecule has 6 nitrogen and oxygen atoms in total. The fourth-order valence-corrected chi connectivity index (χ4v) is 2.53. The summed E-state index contributed by atoms with van der Waals surface area (Å²) < 4.78 is 5.92. The Bertz CT molecular complexity index is 599. The van der Waals surface area contributed by atoms with Gasteiger partial charge in [-0.15, -0.1) is 0 Å². The minimum atomic E-state index is -0.478. The van der Waals surface area contributed by atoms with Crippen molar-refractivity contribution in [3.63, 3.8) is 0 Å². The molecule has 0 N–H and O–H groups in total. The lowest BCUT2D eigenvalue weighted by molar-refractivity contribution is 0.0240. The maximum atomic E-state index is 12.0. The summed E-state index contributed by atoms with van der Waals surface area (Å²) in [6.07, 6.45) is -0.277. The number of carbonyl (C=O) groups is 1. The number of ether oxygens (including phenoxy) is 1. The molecule has 1 fully saturated rings. The van der Waals surface area contributed by atoms with Gasteiger partial charge in [-0.2, -0.15) is 5.26 Å². The van der Waals surface area contributed by atoms with Crippen LogP contribution in [0.4, 0.5) is 10.6 Å². The van der Waals surface area contributed by atoms with E-state index in [-0.39, 0.29) is 6.09 Å². The van der Waals surface area contributed by atoms with Crippen molar-refractivity contribution < 1.29 is 9.53 Å². The van der Waals surface area contributed by atoms with Gasteiger partial charge in [0, 0.05) is 26.2 Å². The number of hydrogen-bond acceptors (Lipinski definition) is 5. The fraction of sp³-hybridized carbons (Fsp3) is 0.533. The number of aromatic nitrogens is 1. The van der Waals surface area contributed by atoms with Crippen LogP contribution in [-0.4, -0.2) is 47.8 Å². The van der Waals surface area contributed by atoms with Crippen LogP contribution >= 0.6 is 15.9 Å². The molecule has 1 aromatic rings. The van der Waals surface area contributed by atoms with Crippen LogP contribution in [0.15, 0.2) is 16.7 Å². The van der Waals surface area contributed by atoms with Crippen LogP contribution < -0.4 is 4.90 Å². The van der Waals surface area contributed by atoms with E-state index in [1.54, 1.807) is 11.0 Å². The van der Waals surface area contributed by atoms with E-state index in [0.717, 1.165) is 5.82 Å². The largest absolute Gasteiger partial charge is 0.444 e. The number of nitriles is 1. The molecule has 0 aliphatic carbocycles. The van der Waals surface area contributed by atoms with Gasteiger partial charge < -0.3 is 14.5 Å². The van der Waals surface area contributed by atoms with Crippen LogP contribution in [0.1, 0.15) is 26.3 Å². The zero-order valence-corrected chi connectivity index (χ0v) is 14.6. The third-order valence-corrected chi connectivity index (χ3v) is 3.81. The van der Waals surface area contributed by atoms with Gasteiger partial charge in [-0.3, -0.25) is 0 Å². The third kappa shape index (κ3) is 4.10.